The van der Waals surface area contributed by atoms with Gasteiger partial charge in [-0.2, -0.15) is 0 Å². The lowest BCUT2D eigenvalue weighted by Crippen LogP contribution is -1.96. The smallest absolute Gasteiger partial charge is 0.335 e. The Morgan fingerprint density at radius 3 is 2.78 bits per heavy atom. The van der Waals surface area contributed by atoms with Gasteiger partial charge in [0.15, 0.2) is 5.16 Å². The molecule has 2 aromatic rings. The number of aromatic nitrogens is 2. The summed E-state index contributed by atoms with van der Waals surface area (Å²) in [6.07, 6.45) is 1.70. The minimum absolute atomic E-state index is 0.247. The third-order valence-electron chi connectivity index (χ3n) is 2.15. The summed E-state index contributed by atoms with van der Waals surface area (Å²) < 4.78 is 0.720. The van der Waals surface area contributed by atoms with E-state index in [1.807, 2.05) is 13.0 Å². The van der Waals surface area contributed by atoms with E-state index in [0.717, 1.165) is 15.1 Å². The monoisotopic (exact) mass is 324 g/mol. The van der Waals surface area contributed by atoms with E-state index in [-0.39, 0.29) is 5.56 Å². The Morgan fingerprint density at radius 2 is 2.17 bits per heavy atom. The first-order valence-electron chi connectivity index (χ1n) is 5.06. The lowest BCUT2D eigenvalue weighted by atomic mass is 10.2. The molecular formula is C12H9BrN2O2S. The van der Waals surface area contributed by atoms with Crippen molar-refractivity contribution in [2.24, 2.45) is 0 Å². The molecule has 0 atom stereocenters. The van der Waals surface area contributed by atoms with Gasteiger partial charge in [-0.25, -0.2) is 14.8 Å². The number of halogens is 1. The Labute approximate surface area is 117 Å². The van der Waals surface area contributed by atoms with E-state index in [1.165, 1.54) is 11.8 Å². The Kier molecular flexibility index (Phi) is 3.98. The first-order valence-corrected chi connectivity index (χ1v) is 6.67. The number of aromatic carboxylic acids is 1. The molecule has 0 radical (unpaired) electrons. The summed E-state index contributed by atoms with van der Waals surface area (Å²) in [5.74, 6) is -0.945. The van der Waals surface area contributed by atoms with Crippen LogP contribution in [0.1, 0.15) is 16.1 Å². The number of carboxylic acid groups (broad SMARTS) is 1. The second kappa shape index (κ2) is 5.49. The zero-order chi connectivity index (χ0) is 13.1. The van der Waals surface area contributed by atoms with Crippen molar-refractivity contribution >= 4 is 33.7 Å². The summed E-state index contributed by atoms with van der Waals surface area (Å²) in [6.45, 7) is 1.90. The van der Waals surface area contributed by atoms with E-state index in [4.69, 9.17) is 5.11 Å². The predicted octanol–water partition coefficient (Wildman–Crippen LogP) is 3.40. The highest BCUT2D eigenvalue weighted by atomic mass is 79.9. The van der Waals surface area contributed by atoms with Crippen molar-refractivity contribution in [2.45, 2.75) is 17.0 Å². The van der Waals surface area contributed by atoms with E-state index < -0.39 is 5.97 Å². The third-order valence-corrected chi connectivity index (χ3v) is 4.03. The van der Waals surface area contributed by atoms with Crippen LogP contribution in [-0.2, 0) is 0 Å². The van der Waals surface area contributed by atoms with E-state index in [2.05, 4.69) is 25.9 Å². The van der Waals surface area contributed by atoms with Crippen LogP contribution >= 0.6 is 27.7 Å². The Balaban J connectivity index is 2.27. The highest BCUT2D eigenvalue weighted by molar-refractivity contribution is 9.10. The molecule has 0 aliphatic carbocycles. The van der Waals surface area contributed by atoms with Crippen LogP contribution in [0.25, 0.3) is 0 Å². The average Bonchev–Trinajstić information content (AvgIpc) is 2.31. The summed E-state index contributed by atoms with van der Waals surface area (Å²) in [5, 5.41) is 9.51. The molecular weight excluding hydrogens is 316 g/mol. The topological polar surface area (TPSA) is 63.1 Å². The summed E-state index contributed by atoms with van der Waals surface area (Å²) >= 11 is 4.74. The fourth-order valence-electron chi connectivity index (χ4n) is 1.29. The molecule has 6 heteroatoms. The number of carbonyl (C=O) groups is 1. The molecule has 2 rings (SSSR count). The molecule has 1 aromatic heterocycles. The number of hydrogen-bond acceptors (Lipinski definition) is 4. The predicted molar refractivity (Wildman–Crippen MR) is 72.0 cm³/mol. The molecule has 1 N–H and O–H groups in total. The Hall–Kier alpha value is -1.40. The quantitative estimate of drug-likeness (QED) is 0.877. The zero-order valence-electron chi connectivity index (χ0n) is 9.42. The van der Waals surface area contributed by atoms with Crippen LogP contribution in [0.15, 0.2) is 45.0 Å². The van der Waals surface area contributed by atoms with Crippen molar-refractivity contribution in [3.8, 4) is 0 Å². The number of nitrogens with zero attached hydrogens (tertiary/aromatic N) is 2. The minimum Gasteiger partial charge on any atom is -0.478 e. The molecule has 0 spiro atoms. The standard InChI is InChI=1S/C12H9BrN2O2S/c1-7-4-5-14-12(15-7)18-10-3-2-8(11(16)17)6-9(10)13/h2-6H,1H3,(H,16,17). The van der Waals surface area contributed by atoms with Gasteiger partial charge in [0.05, 0.1) is 5.56 Å². The average molecular weight is 325 g/mol. The summed E-state index contributed by atoms with van der Waals surface area (Å²) in [5.41, 5.74) is 1.14. The van der Waals surface area contributed by atoms with Crippen LogP contribution in [-0.4, -0.2) is 21.0 Å². The normalized spacial score (nSPS) is 10.3. The fourth-order valence-corrected chi connectivity index (χ4v) is 2.70. The Morgan fingerprint density at radius 1 is 1.39 bits per heavy atom. The van der Waals surface area contributed by atoms with Crippen molar-refractivity contribution in [1.82, 2.24) is 9.97 Å². The number of hydrogen-bond donors (Lipinski definition) is 1. The minimum atomic E-state index is -0.945. The maximum absolute atomic E-state index is 10.8. The summed E-state index contributed by atoms with van der Waals surface area (Å²) in [6, 6.07) is 6.70. The van der Waals surface area contributed by atoms with Gasteiger partial charge in [-0.15, -0.1) is 0 Å². The van der Waals surface area contributed by atoms with E-state index in [9.17, 15) is 4.79 Å². The highest BCUT2D eigenvalue weighted by Crippen LogP contribution is 2.32. The maximum atomic E-state index is 10.8. The Bertz CT molecular complexity index is 604. The highest BCUT2D eigenvalue weighted by Gasteiger charge is 2.09. The van der Waals surface area contributed by atoms with Gasteiger partial charge in [0.2, 0.25) is 0 Å². The molecule has 0 saturated heterocycles. The van der Waals surface area contributed by atoms with Gasteiger partial charge in [-0.1, -0.05) is 0 Å². The second-order valence-corrected chi connectivity index (χ2v) is 5.40. The van der Waals surface area contributed by atoms with Gasteiger partial charge in [0.25, 0.3) is 0 Å². The van der Waals surface area contributed by atoms with Crippen molar-refractivity contribution in [3.05, 3.63) is 46.2 Å². The molecule has 0 bridgehead atoms. The molecule has 18 heavy (non-hydrogen) atoms. The lowest BCUT2D eigenvalue weighted by Gasteiger charge is -2.04. The summed E-state index contributed by atoms with van der Waals surface area (Å²) in [7, 11) is 0. The van der Waals surface area contributed by atoms with Gasteiger partial charge in [-0.3, -0.25) is 0 Å². The molecule has 0 saturated carbocycles. The van der Waals surface area contributed by atoms with Gasteiger partial charge in [0, 0.05) is 21.3 Å². The van der Waals surface area contributed by atoms with Crippen LogP contribution in [0, 0.1) is 6.92 Å². The van der Waals surface area contributed by atoms with Crippen LogP contribution < -0.4 is 0 Å². The molecule has 4 nitrogen and oxygen atoms in total. The molecule has 0 aliphatic heterocycles. The van der Waals surface area contributed by atoms with Gasteiger partial charge in [-0.05, 0) is 58.9 Å². The molecule has 0 amide bonds. The second-order valence-electron chi connectivity index (χ2n) is 3.53. The van der Waals surface area contributed by atoms with Crippen LogP contribution in [0.2, 0.25) is 0 Å². The van der Waals surface area contributed by atoms with Crippen LogP contribution in [0.5, 0.6) is 0 Å². The molecule has 0 unspecified atom stereocenters. The van der Waals surface area contributed by atoms with E-state index in [0.29, 0.717) is 5.16 Å². The van der Waals surface area contributed by atoms with E-state index in [1.54, 1.807) is 24.4 Å². The first kappa shape index (κ1) is 13.0. The number of aryl methyl sites for hydroxylation is 1. The number of benzene rings is 1. The number of carboxylic acids is 1. The molecule has 0 fully saturated rings. The maximum Gasteiger partial charge on any atom is 0.335 e. The van der Waals surface area contributed by atoms with Gasteiger partial charge in [0.1, 0.15) is 0 Å². The molecule has 1 heterocycles. The zero-order valence-corrected chi connectivity index (χ0v) is 11.8. The van der Waals surface area contributed by atoms with Gasteiger partial charge < -0.3 is 5.11 Å². The third kappa shape index (κ3) is 3.08. The molecule has 92 valence electrons. The van der Waals surface area contributed by atoms with Crippen molar-refractivity contribution in [2.75, 3.05) is 0 Å². The summed E-state index contributed by atoms with van der Waals surface area (Å²) in [4.78, 5) is 20.1. The van der Waals surface area contributed by atoms with E-state index >= 15 is 0 Å². The fraction of sp³-hybridized carbons (Fsp3) is 0.0833. The van der Waals surface area contributed by atoms with Crippen LogP contribution in [0.3, 0.4) is 0 Å². The molecule has 1 aromatic carbocycles. The van der Waals surface area contributed by atoms with Crippen molar-refractivity contribution in [1.29, 1.82) is 0 Å². The van der Waals surface area contributed by atoms with Crippen LogP contribution in [0.4, 0.5) is 0 Å². The van der Waals surface area contributed by atoms with Gasteiger partial charge >= 0.3 is 5.97 Å². The SMILES string of the molecule is Cc1ccnc(Sc2ccc(C(=O)O)cc2Br)n1. The van der Waals surface area contributed by atoms with Crippen molar-refractivity contribution in [3.63, 3.8) is 0 Å². The first-order chi connectivity index (χ1) is 8.56. The number of rotatable bonds is 3. The lowest BCUT2D eigenvalue weighted by molar-refractivity contribution is 0.0696. The molecule has 0 aliphatic rings. The van der Waals surface area contributed by atoms with Crippen molar-refractivity contribution < 1.29 is 9.90 Å². The largest absolute Gasteiger partial charge is 0.478 e.